The Morgan fingerprint density at radius 3 is 2.27 bits per heavy atom. The SMILES string of the molecule is COc1ccc([C@H](NC(=O)CN[C@@H](C)c2ccc(F)cc2F)c2ccccc2)cc1. The zero-order chi connectivity index (χ0) is 21.5. The number of halogens is 2. The largest absolute Gasteiger partial charge is 0.497 e. The molecule has 1 amide bonds. The first-order valence-corrected chi connectivity index (χ1v) is 9.64. The Kier molecular flexibility index (Phi) is 7.14. The number of hydrogen-bond donors (Lipinski definition) is 2. The van der Waals surface area contributed by atoms with Crippen molar-refractivity contribution in [3.05, 3.63) is 101 Å². The molecule has 3 aromatic carbocycles. The van der Waals surface area contributed by atoms with Gasteiger partial charge in [-0.2, -0.15) is 0 Å². The molecule has 156 valence electrons. The number of carbonyl (C=O) groups is 1. The van der Waals surface area contributed by atoms with Crippen molar-refractivity contribution in [3.63, 3.8) is 0 Å². The molecule has 3 rings (SSSR count). The van der Waals surface area contributed by atoms with E-state index in [-0.39, 0.29) is 18.5 Å². The molecule has 0 aliphatic carbocycles. The third kappa shape index (κ3) is 5.42. The number of amides is 1. The van der Waals surface area contributed by atoms with Crippen molar-refractivity contribution in [2.75, 3.05) is 13.7 Å². The molecular weight excluding hydrogens is 386 g/mol. The summed E-state index contributed by atoms with van der Waals surface area (Å²) >= 11 is 0. The second-order valence-electron chi connectivity index (χ2n) is 6.95. The highest BCUT2D eigenvalue weighted by atomic mass is 19.1. The van der Waals surface area contributed by atoms with E-state index in [1.165, 1.54) is 12.1 Å². The molecule has 0 aromatic heterocycles. The number of carbonyl (C=O) groups excluding carboxylic acids is 1. The Hall–Kier alpha value is -3.25. The number of ether oxygens (including phenoxy) is 1. The van der Waals surface area contributed by atoms with Crippen LogP contribution in [0.1, 0.15) is 35.7 Å². The summed E-state index contributed by atoms with van der Waals surface area (Å²) in [4.78, 5) is 12.6. The minimum absolute atomic E-state index is 0.0164. The van der Waals surface area contributed by atoms with E-state index in [4.69, 9.17) is 4.74 Å². The Morgan fingerprint density at radius 2 is 1.63 bits per heavy atom. The van der Waals surface area contributed by atoms with Crippen molar-refractivity contribution in [2.24, 2.45) is 0 Å². The lowest BCUT2D eigenvalue weighted by molar-refractivity contribution is -0.120. The van der Waals surface area contributed by atoms with E-state index in [1.807, 2.05) is 54.6 Å². The first kappa shape index (κ1) is 21.5. The number of hydrogen-bond acceptors (Lipinski definition) is 3. The van der Waals surface area contributed by atoms with Crippen molar-refractivity contribution in [1.29, 1.82) is 0 Å². The van der Waals surface area contributed by atoms with Gasteiger partial charge in [-0.05, 0) is 36.2 Å². The van der Waals surface area contributed by atoms with E-state index in [0.717, 1.165) is 22.9 Å². The second-order valence-corrected chi connectivity index (χ2v) is 6.95. The van der Waals surface area contributed by atoms with Crippen LogP contribution in [-0.2, 0) is 4.79 Å². The lowest BCUT2D eigenvalue weighted by Crippen LogP contribution is -2.37. The van der Waals surface area contributed by atoms with Crippen LogP contribution in [0.2, 0.25) is 0 Å². The Morgan fingerprint density at radius 1 is 0.967 bits per heavy atom. The maximum atomic E-state index is 13.9. The summed E-state index contributed by atoms with van der Waals surface area (Å²) in [5.41, 5.74) is 2.15. The van der Waals surface area contributed by atoms with E-state index in [1.54, 1.807) is 14.0 Å². The highest BCUT2D eigenvalue weighted by Crippen LogP contribution is 2.24. The van der Waals surface area contributed by atoms with E-state index >= 15 is 0 Å². The van der Waals surface area contributed by atoms with Gasteiger partial charge in [0.15, 0.2) is 0 Å². The molecular formula is C24H24F2N2O2. The van der Waals surface area contributed by atoms with Crippen LogP contribution in [-0.4, -0.2) is 19.6 Å². The van der Waals surface area contributed by atoms with Crippen LogP contribution in [0.15, 0.2) is 72.8 Å². The van der Waals surface area contributed by atoms with Gasteiger partial charge in [0.25, 0.3) is 0 Å². The summed E-state index contributed by atoms with van der Waals surface area (Å²) < 4.78 is 32.3. The normalized spacial score (nSPS) is 12.8. The lowest BCUT2D eigenvalue weighted by Gasteiger charge is -2.21. The van der Waals surface area contributed by atoms with Crippen molar-refractivity contribution < 1.29 is 18.3 Å². The van der Waals surface area contributed by atoms with Gasteiger partial charge in [-0.25, -0.2) is 8.78 Å². The van der Waals surface area contributed by atoms with Crippen molar-refractivity contribution in [1.82, 2.24) is 10.6 Å². The monoisotopic (exact) mass is 410 g/mol. The first-order chi connectivity index (χ1) is 14.5. The molecule has 2 atom stereocenters. The standard InChI is InChI=1S/C24H24F2N2O2/c1-16(21-13-10-19(25)14-22(21)26)27-15-23(29)28-24(17-6-4-3-5-7-17)18-8-11-20(30-2)12-9-18/h3-14,16,24,27H,15H2,1-2H3,(H,28,29)/t16-,24+/m0/s1. The molecule has 3 aromatic rings. The number of benzene rings is 3. The third-order valence-corrected chi connectivity index (χ3v) is 4.89. The molecule has 2 N–H and O–H groups in total. The van der Waals surface area contributed by atoms with Crippen LogP contribution in [0.4, 0.5) is 8.78 Å². The topological polar surface area (TPSA) is 50.4 Å². The van der Waals surface area contributed by atoms with Gasteiger partial charge in [0.1, 0.15) is 17.4 Å². The fourth-order valence-electron chi connectivity index (χ4n) is 3.22. The van der Waals surface area contributed by atoms with Gasteiger partial charge in [0.2, 0.25) is 5.91 Å². The molecule has 0 saturated carbocycles. The molecule has 0 unspecified atom stereocenters. The van der Waals surface area contributed by atoms with Gasteiger partial charge in [0, 0.05) is 17.7 Å². The highest BCUT2D eigenvalue weighted by Gasteiger charge is 2.18. The summed E-state index contributed by atoms with van der Waals surface area (Å²) in [6.45, 7) is 1.71. The van der Waals surface area contributed by atoms with Gasteiger partial charge in [-0.15, -0.1) is 0 Å². The molecule has 0 aliphatic rings. The van der Waals surface area contributed by atoms with Crippen LogP contribution in [0, 0.1) is 11.6 Å². The zero-order valence-corrected chi connectivity index (χ0v) is 16.9. The molecule has 0 radical (unpaired) electrons. The maximum absolute atomic E-state index is 13.9. The molecule has 0 fully saturated rings. The second kappa shape index (κ2) is 9.98. The summed E-state index contributed by atoms with van der Waals surface area (Å²) in [7, 11) is 1.60. The Labute approximate surface area is 174 Å². The van der Waals surface area contributed by atoms with Gasteiger partial charge in [-0.3, -0.25) is 4.79 Å². The van der Waals surface area contributed by atoms with E-state index in [2.05, 4.69) is 10.6 Å². The minimum Gasteiger partial charge on any atom is -0.497 e. The average molecular weight is 410 g/mol. The summed E-state index contributed by atoms with van der Waals surface area (Å²) in [5.74, 6) is -0.787. The molecule has 0 spiro atoms. The minimum atomic E-state index is -0.643. The number of nitrogens with one attached hydrogen (secondary N) is 2. The molecule has 0 saturated heterocycles. The molecule has 30 heavy (non-hydrogen) atoms. The zero-order valence-electron chi connectivity index (χ0n) is 16.9. The predicted molar refractivity (Wildman–Crippen MR) is 112 cm³/mol. The highest BCUT2D eigenvalue weighted by molar-refractivity contribution is 5.79. The lowest BCUT2D eigenvalue weighted by atomic mass is 9.98. The fourth-order valence-corrected chi connectivity index (χ4v) is 3.22. The quantitative estimate of drug-likeness (QED) is 0.574. The smallest absolute Gasteiger partial charge is 0.234 e. The Balaban J connectivity index is 1.70. The first-order valence-electron chi connectivity index (χ1n) is 9.64. The summed E-state index contributed by atoms with van der Waals surface area (Å²) in [6.07, 6.45) is 0. The van der Waals surface area contributed by atoms with Crippen molar-refractivity contribution in [3.8, 4) is 5.75 Å². The number of rotatable bonds is 8. The van der Waals surface area contributed by atoms with E-state index in [9.17, 15) is 13.6 Å². The predicted octanol–water partition coefficient (Wildman–Crippen LogP) is 4.53. The van der Waals surface area contributed by atoms with Crippen LogP contribution in [0.5, 0.6) is 5.75 Å². The van der Waals surface area contributed by atoms with Gasteiger partial charge in [0.05, 0.1) is 19.7 Å². The van der Waals surface area contributed by atoms with Crippen LogP contribution in [0.25, 0.3) is 0 Å². The molecule has 0 aliphatic heterocycles. The number of methoxy groups -OCH3 is 1. The van der Waals surface area contributed by atoms with Crippen molar-refractivity contribution in [2.45, 2.75) is 19.0 Å². The molecule has 0 bridgehead atoms. The molecule has 6 heteroatoms. The Bertz CT molecular complexity index is 978. The molecule has 4 nitrogen and oxygen atoms in total. The van der Waals surface area contributed by atoms with Crippen LogP contribution in [0.3, 0.4) is 0 Å². The summed E-state index contributed by atoms with van der Waals surface area (Å²) in [5, 5.41) is 6.01. The third-order valence-electron chi connectivity index (χ3n) is 4.89. The average Bonchev–Trinajstić information content (AvgIpc) is 2.76. The van der Waals surface area contributed by atoms with Crippen LogP contribution < -0.4 is 15.4 Å². The van der Waals surface area contributed by atoms with Crippen LogP contribution >= 0.6 is 0 Å². The van der Waals surface area contributed by atoms with Gasteiger partial charge in [-0.1, -0.05) is 48.5 Å². The van der Waals surface area contributed by atoms with Gasteiger partial charge < -0.3 is 15.4 Å². The fraction of sp³-hybridized carbons (Fsp3) is 0.208. The van der Waals surface area contributed by atoms with E-state index < -0.39 is 17.7 Å². The molecule has 0 heterocycles. The van der Waals surface area contributed by atoms with E-state index in [0.29, 0.717) is 5.56 Å². The van der Waals surface area contributed by atoms with Gasteiger partial charge >= 0.3 is 0 Å². The van der Waals surface area contributed by atoms with Crippen molar-refractivity contribution >= 4 is 5.91 Å². The summed E-state index contributed by atoms with van der Waals surface area (Å²) in [6, 6.07) is 19.7. The maximum Gasteiger partial charge on any atom is 0.234 e.